The van der Waals surface area contributed by atoms with Crippen LogP contribution in [0.5, 0.6) is 0 Å². The van der Waals surface area contributed by atoms with Crippen LogP contribution in [0.15, 0.2) is 41.5 Å². The smallest absolute Gasteiger partial charge is 0.257 e. The lowest BCUT2D eigenvalue weighted by molar-refractivity contribution is 0.0936. The van der Waals surface area contributed by atoms with Crippen LogP contribution in [0.3, 0.4) is 0 Å². The van der Waals surface area contributed by atoms with E-state index in [0.29, 0.717) is 18.3 Å². The summed E-state index contributed by atoms with van der Waals surface area (Å²) in [6.07, 6.45) is 11.0. The first-order valence-electron chi connectivity index (χ1n) is 12.3. The zero-order valence-corrected chi connectivity index (χ0v) is 19.5. The van der Waals surface area contributed by atoms with Crippen molar-refractivity contribution in [3.8, 4) is 0 Å². The number of fused-ring (bicyclic) bond motifs is 1. The number of nitrogens with zero attached hydrogens (tertiary/aromatic N) is 2. The van der Waals surface area contributed by atoms with E-state index in [0.717, 1.165) is 36.7 Å². The average molecular weight is 462 g/mol. The second kappa shape index (κ2) is 9.44. The molecule has 2 aliphatic rings. The standard InChI is InChI=1S/C26H31N5O3/c1-16(24-29-21-9-5-6-10-22(21)30-24)27-25(33)19-14-31(13-17-7-3-2-4-8-17)15-20(23(19)32)26(34)28-18-11-12-18/h5-6,9-10,14-18H,2-4,7-8,11-13H2,1H3,(H,27,33)(H,28,34)(H,29,30)/t16-/m1/s1. The Kier molecular flexibility index (Phi) is 6.22. The van der Waals surface area contributed by atoms with Crippen LogP contribution in [0.1, 0.15) is 84.5 Å². The summed E-state index contributed by atoms with van der Waals surface area (Å²) in [6.45, 7) is 2.52. The van der Waals surface area contributed by atoms with Crippen LogP contribution < -0.4 is 16.1 Å². The summed E-state index contributed by atoms with van der Waals surface area (Å²) in [5.74, 6) is 0.196. The van der Waals surface area contributed by atoms with Gasteiger partial charge in [0.25, 0.3) is 11.8 Å². The van der Waals surface area contributed by atoms with Gasteiger partial charge >= 0.3 is 0 Å². The van der Waals surface area contributed by atoms with E-state index in [4.69, 9.17) is 0 Å². The fourth-order valence-electron chi connectivity index (χ4n) is 4.74. The number of carbonyl (C=O) groups excluding carboxylic acids is 2. The molecule has 178 valence electrons. The topological polar surface area (TPSA) is 109 Å². The predicted octanol–water partition coefficient (Wildman–Crippen LogP) is 3.69. The molecule has 8 heteroatoms. The van der Waals surface area contributed by atoms with E-state index >= 15 is 0 Å². The third kappa shape index (κ3) is 4.90. The third-order valence-corrected chi connectivity index (χ3v) is 6.84. The van der Waals surface area contributed by atoms with Crippen LogP contribution in [0, 0.1) is 5.92 Å². The highest BCUT2D eigenvalue weighted by molar-refractivity contribution is 5.99. The molecule has 2 aromatic heterocycles. The molecule has 0 spiro atoms. The van der Waals surface area contributed by atoms with Gasteiger partial charge in [0, 0.05) is 25.0 Å². The van der Waals surface area contributed by atoms with E-state index in [1.807, 2.05) is 35.8 Å². The molecule has 5 rings (SSSR count). The summed E-state index contributed by atoms with van der Waals surface area (Å²) < 4.78 is 1.86. The quantitative estimate of drug-likeness (QED) is 0.499. The molecule has 34 heavy (non-hydrogen) atoms. The van der Waals surface area contributed by atoms with Crippen LogP contribution in [0.25, 0.3) is 11.0 Å². The summed E-state index contributed by atoms with van der Waals surface area (Å²) in [5.41, 5.74) is 1.18. The van der Waals surface area contributed by atoms with Gasteiger partial charge in [-0.1, -0.05) is 31.4 Å². The van der Waals surface area contributed by atoms with Crippen LogP contribution >= 0.6 is 0 Å². The van der Waals surface area contributed by atoms with Gasteiger partial charge in [-0.2, -0.15) is 0 Å². The first kappa shape index (κ1) is 22.4. The number of pyridine rings is 1. The number of H-pyrrole nitrogens is 1. The fourth-order valence-corrected chi connectivity index (χ4v) is 4.74. The molecule has 2 heterocycles. The van der Waals surface area contributed by atoms with Crippen molar-refractivity contribution in [1.29, 1.82) is 0 Å². The van der Waals surface area contributed by atoms with Crippen molar-refractivity contribution >= 4 is 22.8 Å². The van der Waals surface area contributed by atoms with Crippen LogP contribution in [-0.2, 0) is 6.54 Å². The summed E-state index contributed by atoms with van der Waals surface area (Å²) in [6, 6.07) is 7.34. The predicted molar refractivity (Wildman–Crippen MR) is 130 cm³/mol. The Morgan fingerprint density at radius 3 is 2.47 bits per heavy atom. The number of benzene rings is 1. The van der Waals surface area contributed by atoms with Gasteiger partial charge in [0.15, 0.2) is 0 Å². The number of imidazole rings is 1. The minimum absolute atomic E-state index is 0.0118. The lowest BCUT2D eigenvalue weighted by atomic mass is 9.89. The van der Waals surface area contributed by atoms with Crippen molar-refractivity contribution in [2.24, 2.45) is 5.92 Å². The highest BCUT2D eigenvalue weighted by Crippen LogP contribution is 2.25. The number of hydrogen-bond acceptors (Lipinski definition) is 4. The Balaban J connectivity index is 1.41. The number of nitrogens with one attached hydrogen (secondary N) is 3. The van der Waals surface area contributed by atoms with E-state index in [2.05, 4.69) is 20.6 Å². The third-order valence-electron chi connectivity index (χ3n) is 6.84. The molecule has 2 aliphatic carbocycles. The molecule has 2 fully saturated rings. The molecule has 0 radical (unpaired) electrons. The number of aromatic amines is 1. The molecule has 2 amide bonds. The van der Waals surface area contributed by atoms with Gasteiger partial charge in [-0.05, 0) is 50.7 Å². The van der Waals surface area contributed by atoms with E-state index in [1.54, 1.807) is 12.4 Å². The van der Waals surface area contributed by atoms with Crippen molar-refractivity contribution in [2.45, 2.75) is 70.5 Å². The maximum Gasteiger partial charge on any atom is 0.257 e. The van der Waals surface area contributed by atoms with Crippen molar-refractivity contribution in [3.63, 3.8) is 0 Å². The van der Waals surface area contributed by atoms with Gasteiger partial charge < -0.3 is 20.2 Å². The summed E-state index contributed by atoms with van der Waals surface area (Å²) in [5, 5.41) is 5.78. The van der Waals surface area contributed by atoms with Crippen LogP contribution in [0.4, 0.5) is 0 Å². The van der Waals surface area contributed by atoms with E-state index in [9.17, 15) is 14.4 Å². The molecule has 1 atom stereocenters. The highest BCUT2D eigenvalue weighted by Gasteiger charge is 2.27. The van der Waals surface area contributed by atoms with Crippen molar-refractivity contribution in [2.75, 3.05) is 0 Å². The number of rotatable bonds is 7. The fraction of sp³-hybridized carbons (Fsp3) is 0.462. The zero-order chi connectivity index (χ0) is 23.7. The molecular weight excluding hydrogens is 430 g/mol. The molecule has 0 aliphatic heterocycles. The molecule has 0 bridgehead atoms. The van der Waals surface area contributed by atoms with Crippen molar-refractivity contribution in [3.05, 3.63) is 63.8 Å². The normalized spacial score (nSPS) is 17.4. The van der Waals surface area contributed by atoms with Gasteiger partial charge in [-0.15, -0.1) is 0 Å². The maximum absolute atomic E-state index is 13.2. The molecule has 0 saturated heterocycles. The van der Waals surface area contributed by atoms with Gasteiger partial charge in [0.1, 0.15) is 17.0 Å². The number of amides is 2. The molecule has 0 unspecified atom stereocenters. The second-order valence-corrected chi connectivity index (χ2v) is 9.70. The van der Waals surface area contributed by atoms with E-state index in [1.165, 1.54) is 19.3 Å². The second-order valence-electron chi connectivity index (χ2n) is 9.70. The lowest BCUT2D eigenvalue weighted by Crippen LogP contribution is -2.37. The van der Waals surface area contributed by atoms with Gasteiger partial charge in [0.2, 0.25) is 5.43 Å². The highest BCUT2D eigenvalue weighted by atomic mass is 16.2. The van der Waals surface area contributed by atoms with E-state index < -0.39 is 23.3 Å². The first-order chi connectivity index (χ1) is 16.5. The summed E-state index contributed by atoms with van der Waals surface area (Å²) >= 11 is 0. The number of aromatic nitrogens is 3. The van der Waals surface area contributed by atoms with E-state index in [-0.39, 0.29) is 17.2 Å². The minimum Gasteiger partial charge on any atom is -0.352 e. The number of carbonyl (C=O) groups is 2. The van der Waals surface area contributed by atoms with Crippen LogP contribution in [0.2, 0.25) is 0 Å². The Bertz CT molecular complexity index is 1230. The van der Waals surface area contributed by atoms with Gasteiger partial charge in [0.05, 0.1) is 17.1 Å². The number of hydrogen-bond donors (Lipinski definition) is 3. The summed E-state index contributed by atoms with van der Waals surface area (Å²) in [7, 11) is 0. The number of para-hydroxylation sites is 2. The monoisotopic (exact) mass is 461 g/mol. The van der Waals surface area contributed by atoms with Gasteiger partial charge in [-0.25, -0.2) is 4.98 Å². The average Bonchev–Trinajstić information content (AvgIpc) is 3.54. The zero-order valence-electron chi connectivity index (χ0n) is 19.5. The maximum atomic E-state index is 13.2. The first-order valence-corrected chi connectivity index (χ1v) is 12.3. The Hall–Kier alpha value is -3.42. The Labute approximate surface area is 198 Å². The molecule has 2 saturated carbocycles. The van der Waals surface area contributed by atoms with Gasteiger partial charge in [-0.3, -0.25) is 14.4 Å². The SMILES string of the molecule is C[C@@H](NC(=O)c1cn(CC2CCCCC2)cc(C(=O)NC2CC2)c1=O)c1nc2ccccc2[nH]1. The van der Waals surface area contributed by atoms with Crippen molar-refractivity contribution < 1.29 is 9.59 Å². The molecule has 1 aromatic carbocycles. The minimum atomic E-state index is -0.535. The Morgan fingerprint density at radius 2 is 1.76 bits per heavy atom. The largest absolute Gasteiger partial charge is 0.352 e. The molecule has 3 aromatic rings. The van der Waals surface area contributed by atoms with Crippen molar-refractivity contribution in [1.82, 2.24) is 25.2 Å². The summed E-state index contributed by atoms with van der Waals surface area (Å²) in [4.78, 5) is 47.0. The van der Waals surface area contributed by atoms with Crippen LogP contribution in [-0.4, -0.2) is 32.4 Å². The Morgan fingerprint density at radius 1 is 1.06 bits per heavy atom. The molecule has 8 nitrogen and oxygen atoms in total. The molecular formula is C26H31N5O3. The lowest BCUT2D eigenvalue weighted by Gasteiger charge is -2.23. The molecule has 3 N–H and O–H groups in total.